The van der Waals surface area contributed by atoms with Crippen molar-refractivity contribution < 1.29 is 57.8 Å². The highest BCUT2D eigenvalue weighted by atomic mass is 32.2. The predicted molar refractivity (Wildman–Crippen MR) is 205 cm³/mol. The van der Waals surface area contributed by atoms with Crippen molar-refractivity contribution >= 4 is 102 Å². The number of benzene rings is 6. The minimum atomic E-state index is -4.71. The van der Waals surface area contributed by atoms with Gasteiger partial charge in [0.15, 0.2) is 0 Å². The van der Waals surface area contributed by atoms with Gasteiger partial charge in [-0.3, -0.25) is 9.11 Å². The molecule has 0 unspecified atom stereocenters. The van der Waals surface area contributed by atoms with Crippen LogP contribution in [0.1, 0.15) is 11.1 Å². The molecule has 4 bridgehead atoms. The largest absolute Gasteiger partial charge is 0.507 e. The molecule has 0 atom stereocenters. The number of sulfonamides is 2. The molecule has 56 heavy (non-hydrogen) atoms. The van der Waals surface area contributed by atoms with E-state index >= 15 is 0 Å². The highest BCUT2D eigenvalue weighted by Crippen LogP contribution is 2.49. The average Bonchev–Trinajstić information content (AvgIpc) is 3.09. The van der Waals surface area contributed by atoms with Crippen molar-refractivity contribution in [2.45, 2.75) is 33.4 Å². The lowest BCUT2D eigenvalue weighted by Crippen LogP contribution is -2.35. The molecule has 6 aromatic carbocycles. The number of carbonyl (C=O) groups excluding carboxylic acids is 1. The standard InChI is InChI=1S/C35H26N4O13S4/c1-17-27-7-9-31(53(43,44)38(27)21-3-5-25-19(11-21)13-23(15-29(25)40)55(47,48)49)33(17)36-35(42)37-34-18(2)28-8-10-32(34)54(45,46)39(28)22-4-6-26-20(12-22)14-24(16-30(26)41)56(50,51)52/h3-16,40-41H,1-2H3,(H2,36,37,42)(H,47,48,49)(H,50,51,52). The molecular weight excluding hydrogens is 813 g/mol. The van der Waals surface area contributed by atoms with Crippen LogP contribution in [0.3, 0.4) is 0 Å². The zero-order valence-electron chi connectivity index (χ0n) is 28.6. The lowest BCUT2D eigenvalue weighted by molar-refractivity contribution is 0.262. The Balaban J connectivity index is 1.12. The Morgan fingerprint density at radius 3 is 1.30 bits per heavy atom. The maximum Gasteiger partial charge on any atom is 0.323 e. The van der Waals surface area contributed by atoms with Crippen LogP contribution in [0.25, 0.3) is 21.5 Å². The highest BCUT2D eigenvalue weighted by Gasteiger charge is 2.40. The summed E-state index contributed by atoms with van der Waals surface area (Å²) in [6.07, 6.45) is 0. The number of nitrogens with zero attached hydrogens (tertiary/aromatic N) is 2. The molecule has 0 aliphatic carbocycles. The van der Waals surface area contributed by atoms with Crippen LogP contribution in [0.4, 0.5) is 38.9 Å². The van der Waals surface area contributed by atoms with E-state index in [9.17, 15) is 57.8 Å². The molecule has 21 heteroatoms. The van der Waals surface area contributed by atoms with Gasteiger partial charge in [0.1, 0.15) is 21.3 Å². The molecule has 0 aromatic heterocycles. The van der Waals surface area contributed by atoms with E-state index in [1.54, 1.807) is 13.8 Å². The normalized spacial score (nSPS) is 15.4. The Kier molecular flexibility index (Phi) is 7.93. The molecule has 6 aromatic rings. The van der Waals surface area contributed by atoms with Crippen LogP contribution in [0, 0.1) is 13.8 Å². The number of fused-ring (bicyclic) bond motifs is 8. The minimum absolute atomic E-state index is 0.0557. The maximum atomic E-state index is 14.0. The summed E-state index contributed by atoms with van der Waals surface area (Å²) in [5.41, 5.74) is 0.774. The number of carbonyl (C=O) groups is 1. The van der Waals surface area contributed by atoms with Crippen molar-refractivity contribution in [1.82, 2.24) is 0 Å². The second-order valence-electron chi connectivity index (χ2n) is 12.9. The van der Waals surface area contributed by atoms with Crippen LogP contribution in [0.5, 0.6) is 11.5 Å². The van der Waals surface area contributed by atoms with E-state index in [1.807, 2.05) is 0 Å². The van der Waals surface area contributed by atoms with Crippen LogP contribution in [-0.4, -0.2) is 59.0 Å². The summed E-state index contributed by atoms with van der Waals surface area (Å²) < 4.78 is 124. The van der Waals surface area contributed by atoms with Crippen molar-refractivity contribution in [2.24, 2.45) is 0 Å². The first-order valence-corrected chi connectivity index (χ1v) is 21.8. The Hall–Kier alpha value is -5.97. The lowest BCUT2D eigenvalue weighted by Gasteiger charge is -2.34. The molecule has 10 rings (SSSR count). The number of aromatic hydroxyl groups is 2. The predicted octanol–water partition coefficient (Wildman–Crippen LogP) is 5.84. The first-order chi connectivity index (χ1) is 26.1. The monoisotopic (exact) mass is 838 g/mol. The van der Waals surface area contributed by atoms with Gasteiger partial charge in [-0.25, -0.2) is 30.2 Å². The fraction of sp³-hybridized carbons (Fsp3) is 0.0571. The molecule has 4 heterocycles. The van der Waals surface area contributed by atoms with Gasteiger partial charge >= 0.3 is 6.03 Å². The van der Waals surface area contributed by atoms with Gasteiger partial charge < -0.3 is 20.8 Å². The first kappa shape index (κ1) is 37.0. The summed E-state index contributed by atoms with van der Waals surface area (Å²) >= 11 is 0. The second-order valence-corrected chi connectivity index (χ2v) is 19.3. The van der Waals surface area contributed by atoms with Gasteiger partial charge in [0, 0.05) is 22.9 Å². The first-order valence-electron chi connectivity index (χ1n) is 16.0. The summed E-state index contributed by atoms with van der Waals surface area (Å²) in [6.45, 7) is 3.09. The quantitative estimate of drug-likeness (QED) is 0.108. The van der Waals surface area contributed by atoms with Gasteiger partial charge in [0.2, 0.25) is 0 Å². The summed E-state index contributed by atoms with van der Waals surface area (Å²) in [7, 11) is -18.2. The van der Waals surface area contributed by atoms with Gasteiger partial charge in [-0.1, -0.05) is 0 Å². The molecule has 0 saturated heterocycles. The molecule has 2 amide bonds. The third kappa shape index (κ3) is 5.58. The third-order valence-electron chi connectivity index (χ3n) is 9.59. The maximum absolute atomic E-state index is 14.0. The smallest absolute Gasteiger partial charge is 0.323 e. The lowest BCUT2D eigenvalue weighted by atomic mass is 10.1. The van der Waals surface area contributed by atoms with E-state index in [0.29, 0.717) is 11.1 Å². The van der Waals surface area contributed by atoms with E-state index in [0.717, 1.165) is 32.9 Å². The SMILES string of the molecule is Cc1c2ccc(c1NC(=O)Nc1c3ccc(c1C)N(c1ccc4c(O)cc(S(=O)(=O)O)cc4c1)S3(=O)=O)S(=O)(=O)N2c1ccc2c(O)cc(S(=O)(=O)O)cc2c1. The number of nitrogens with one attached hydrogen (secondary N) is 2. The van der Waals surface area contributed by atoms with Crippen molar-refractivity contribution in [3.05, 3.63) is 96.1 Å². The number of rotatable bonds is 6. The van der Waals surface area contributed by atoms with E-state index in [2.05, 4.69) is 10.6 Å². The van der Waals surface area contributed by atoms with Gasteiger partial charge in [0.05, 0.1) is 43.9 Å². The molecule has 4 aliphatic rings. The molecule has 0 radical (unpaired) electrons. The number of phenolic OH excluding ortho intramolecular Hbond substituents is 2. The van der Waals surface area contributed by atoms with Gasteiger partial charge in [-0.2, -0.15) is 16.8 Å². The molecular formula is C35H26N4O13S4. The zero-order chi connectivity index (χ0) is 40.4. The minimum Gasteiger partial charge on any atom is -0.507 e. The molecule has 0 fully saturated rings. The molecule has 6 N–H and O–H groups in total. The van der Waals surface area contributed by atoms with Crippen molar-refractivity contribution in [3.63, 3.8) is 0 Å². The highest BCUT2D eigenvalue weighted by molar-refractivity contribution is 7.93. The molecule has 288 valence electrons. The molecule has 17 nitrogen and oxygen atoms in total. The van der Waals surface area contributed by atoms with Crippen LogP contribution >= 0.6 is 0 Å². The Bertz CT molecular complexity index is 3050. The molecule has 0 spiro atoms. The van der Waals surface area contributed by atoms with Crippen LogP contribution in [0.15, 0.2) is 105 Å². The average molecular weight is 839 g/mol. The Labute approximate surface area is 318 Å². The van der Waals surface area contributed by atoms with Gasteiger partial charge in [0.25, 0.3) is 40.3 Å². The molecule has 4 aliphatic heterocycles. The van der Waals surface area contributed by atoms with Gasteiger partial charge in [-0.15, -0.1) is 0 Å². The fourth-order valence-corrected chi connectivity index (χ4v) is 11.5. The fourth-order valence-electron chi connectivity index (χ4n) is 6.97. The van der Waals surface area contributed by atoms with E-state index in [-0.39, 0.29) is 65.5 Å². The van der Waals surface area contributed by atoms with Crippen molar-refractivity contribution in [3.8, 4) is 11.5 Å². The van der Waals surface area contributed by atoms with E-state index in [4.69, 9.17) is 0 Å². The Morgan fingerprint density at radius 1 is 0.571 bits per heavy atom. The van der Waals surface area contributed by atoms with Crippen molar-refractivity contribution in [1.29, 1.82) is 0 Å². The van der Waals surface area contributed by atoms with Crippen LogP contribution in [0.2, 0.25) is 0 Å². The number of anilines is 6. The number of amides is 2. The number of hydrogen-bond acceptors (Lipinski definition) is 11. The molecule has 0 saturated carbocycles. The van der Waals surface area contributed by atoms with Crippen molar-refractivity contribution in [2.75, 3.05) is 19.2 Å². The zero-order valence-corrected chi connectivity index (χ0v) is 31.8. The van der Waals surface area contributed by atoms with E-state index < -0.39 is 67.6 Å². The summed E-state index contributed by atoms with van der Waals surface area (Å²) in [5, 5.41) is 26.4. The third-order valence-corrected chi connectivity index (χ3v) is 14.8. The number of urea groups is 1. The second kappa shape index (κ2) is 12.0. The van der Waals surface area contributed by atoms with E-state index in [1.165, 1.54) is 60.7 Å². The Morgan fingerprint density at radius 2 is 0.946 bits per heavy atom. The van der Waals surface area contributed by atoms with Gasteiger partial charge in [-0.05, 0) is 109 Å². The topological polar surface area (TPSA) is 265 Å². The number of hydrogen-bond donors (Lipinski definition) is 6. The van der Waals surface area contributed by atoms with Crippen LogP contribution < -0.4 is 19.2 Å². The summed E-state index contributed by atoms with van der Waals surface area (Å²) in [6, 6.07) is 16.6. The van der Waals surface area contributed by atoms with Crippen LogP contribution in [-0.2, 0) is 40.3 Å². The summed E-state index contributed by atoms with van der Waals surface area (Å²) in [4.78, 5) is 11.7. The number of phenols is 2. The summed E-state index contributed by atoms with van der Waals surface area (Å²) in [5.74, 6) is -0.924.